The molecule has 0 saturated carbocycles. The summed E-state index contributed by atoms with van der Waals surface area (Å²) in [5.41, 5.74) is 0. The summed E-state index contributed by atoms with van der Waals surface area (Å²) in [6.45, 7) is 2.76. The quantitative estimate of drug-likeness (QED) is 0.109. The molecule has 0 radical (unpaired) electrons. The van der Waals surface area contributed by atoms with Crippen LogP contribution in [0, 0.1) is 0 Å². The normalized spacial score (nSPS) is 37.3. The number of carbonyl (C=O) groups is 1. The molecule has 5 fully saturated rings. The maximum Gasteiger partial charge on any atom is 0.355 e. The van der Waals surface area contributed by atoms with E-state index in [2.05, 4.69) is 6.92 Å². The highest BCUT2D eigenvalue weighted by molar-refractivity contribution is 5.69. The maximum atomic E-state index is 11.6. The number of hydrogen-bond donors (Lipinski definition) is 0. The molecule has 0 N–H and O–H groups in total. The number of carbonyl (C=O) groups excluding carboxylic acids is 1. The van der Waals surface area contributed by atoms with Gasteiger partial charge in [0.25, 0.3) is 11.6 Å². The molecule has 3 atom stereocenters. The van der Waals surface area contributed by atoms with Crippen molar-refractivity contribution >= 4 is 5.97 Å². The molecule has 0 aromatic heterocycles. The number of fused-ring (bicyclic) bond motifs is 1. The number of rotatable bonds is 21. The Morgan fingerprint density at radius 1 is 0.676 bits per heavy atom. The van der Waals surface area contributed by atoms with Crippen LogP contribution in [0.3, 0.4) is 0 Å². The molecule has 0 aliphatic carbocycles. The van der Waals surface area contributed by atoms with Gasteiger partial charge in [-0.05, 0) is 19.3 Å². The van der Waals surface area contributed by atoms with Crippen molar-refractivity contribution in [2.75, 3.05) is 6.61 Å². The van der Waals surface area contributed by atoms with Crippen LogP contribution in [0.4, 0.5) is 0 Å². The Bertz CT molecular complexity index is 705. The van der Waals surface area contributed by atoms with Gasteiger partial charge in [-0.15, -0.1) is 0 Å². The summed E-state index contributed by atoms with van der Waals surface area (Å²) < 4.78 is 33.1. The lowest BCUT2D eigenvalue weighted by molar-refractivity contribution is -0.166. The Balaban J connectivity index is 0.727. The molecule has 0 amide bonds. The van der Waals surface area contributed by atoms with Gasteiger partial charge in [0.2, 0.25) is 0 Å². The fraction of sp³-hybridized carbons (Fsp3) is 0.963. The van der Waals surface area contributed by atoms with Gasteiger partial charge in [-0.3, -0.25) is 23.7 Å². The average molecular weight is 481 g/mol. The highest BCUT2D eigenvalue weighted by Gasteiger charge is 3.23. The monoisotopic (exact) mass is 480 g/mol. The predicted octanol–water partition coefficient (Wildman–Crippen LogP) is 6.22. The Morgan fingerprint density at radius 3 is 1.76 bits per heavy atom. The second-order valence-corrected chi connectivity index (χ2v) is 10.9. The van der Waals surface area contributed by atoms with Crippen LogP contribution in [0.15, 0.2) is 0 Å². The zero-order valence-corrected chi connectivity index (χ0v) is 21.1. The molecule has 5 aliphatic heterocycles. The zero-order valence-electron chi connectivity index (χ0n) is 21.1. The molecule has 2 spiro atoms. The van der Waals surface area contributed by atoms with Crippen molar-refractivity contribution < 1.29 is 33.2 Å². The molecule has 194 valence electrons. The third-order valence-corrected chi connectivity index (χ3v) is 8.09. The number of epoxide rings is 4. The van der Waals surface area contributed by atoms with Gasteiger partial charge in [-0.2, -0.15) is 0 Å². The highest BCUT2D eigenvalue weighted by atomic mass is 17.3. The largest absolute Gasteiger partial charge is 0.466 e. The van der Waals surface area contributed by atoms with Crippen LogP contribution < -0.4 is 0 Å². The van der Waals surface area contributed by atoms with Gasteiger partial charge in [-0.25, -0.2) is 0 Å². The summed E-state index contributed by atoms with van der Waals surface area (Å²) in [4.78, 5) is 11.6. The highest BCUT2D eigenvalue weighted by Crippen LogP contribution is 2.93. The lowest BCUT2D eigenvalue weighted by Crippen LogP contribution is -2.41. The first-order chi connectivity index (χ1) is 16.6. The third-order valence-electron chi connectivity index (χ3n) is 8.09. The lowest BCUT2D eigenvalue weighted by Gasteiger charge is -2.08. The van der Waals surface area contributed by atoms with Crippen LogP contribution in [0.1, 0.15) is 129 Å². The van der Waals surface area contributed by atoms with E-state index in [1.165, 1.54) is 77.0 Å². The van der Waals surface area contributed by atoms with Gasteiger partial charge in [0.15, 0.2) is 0 Å². The van der Waals surface area contributed by atoms with E-state index in [-0.39, 0.29) is 12.1 Å². The molecule has 7 heteroatoms. The number of unbranched alkanes of at least 4 members (excludes halogenated alkanes) is 15. The van der Waals surface area contributed by atoms with E-state index in [4.69, 9.17) is 28.4 Å². The molecule has 7 nitrogen and oxygen atoms in total. The Morgan fingerprint density at radius 2 is 1.24 bits per heavy atom. The van der Waals surface area contributed by atoms with E-state index in [9.17, 15) is 4.79 Å². The van der Waals surface area contributed by atoms with E-state index in [0.717, 1.165) is 38.5 Å². The first kappa shape index (κ1) is 24.9. The van der Waals surface area contributed by atoms with Gasteiger partial charge in [0.1, 0.15) is 6.10 Å². The summed E-state index contributed by atoms with van der Waals surface area (Å²) in [7, 11) is 0. The van der Waals surface area contributed by atoms with Crippen molar-refractivity contribution in [2.24, 2.45) is 0 Å². The van der Waals surface area contributed by atoms with Crippen molar-refractivity contribution in [3.63, 3.8) is 0 Å². The maximum absolute atomic E-state index is 11.6. The van der Waals surface area contributed by atoms with Crippen molar-refractivity contribution in [2.45, 2.75) is 158 Å². The third kappa shape index (κ3) is 4.68. The predicted molar refractivity (Wildman–Crippen MR) is 124 cm³/mol. The van der Waals surface area contributed by atoms with E-state index in [1.807, 2.05) is 0 Å². The molecular formula is C27H44O7. The molecule has 5 rings (SSSR count). The number of esters is 1. The minimum atomic E-state index is -0.724. The molecule has 0 aromatic rings. The SMILES string of the molecule is CCCCCOC(=O)CCCCCCCCCCCCCCCCC1OC12OC21OC23OC21O3. The molecule has 3 unspecified atom stereocenters. The van der Waals surface area contributed by atoms with Gasteiger partial charge in [0.05, 0.1) is 6.61 Å². The van der Waals surface area contributed by atoms with E-state index in [0.29, 0.717) is 13.0 Å². The van der Waals surface area contributed by atoms with E-state index >= 15 is 0 Å². The van der Waals surface area contributed by atoms with Crippen molar-refractivity contribution in [1.82, 2.24) is 0 Å². The lowest BCUT2D eigenvalue weighted by atomic mass is 10.0. The number of hydrogen-bond acceptors (Lipinski definition) is 7. The Hall–Kier alpha value is -0.730. The summed E-state index contributed by atoms with van der Waals surface area (Å²) in [5, 5.41) is 0. The van der Waals surface area contributed by atoms with Crippen molar-refractivity contribution in [3.8, 4) is 0 Å². The Labute approximate surface area is 204 Å². The number of ether oxygens (including phenoxy) is 6. The molecule has 5 saturated heterocycles. The molecule has 0 aromatic carbocycles. The van der Waals surface area contributed by atoms with Crippen molar-refractivity contribution in [3.05, 3.63) is 0 Å². The fourth-order valence-corrected chi connectivity index (χ4v) is 5.70. The minimum absolute atomic E-state index is 0.00997. The second kappa shape index (κ2) is 10.3. The molecular weight excluding hydrogens is 436 g/mol. The zero-order chi connectivity index (χ0) is 23.5. The standard InChI is InChI=1S/C27H44O7/c1-2-3-18-21-29-23(28)20-17-15-13-11-9-7-5-4-6-8-10-12-14-16-19-22-24(30-22)25(31-24)26-27(32-25,33-26)34-26/h22H,2-21H2,1H3. The van der Waals surface area contributed by atoms with Crippen LogP contribution in [0.25, 0.3) is 0 Å². The summed E-state index contributed by atoms with van der Waals surface area (Å²) in [5.74, 6) is -2.57. The van der Waals surface area contributed by atoms with Crippen LogP contribution in [0.5, 0.6) is 0 Å². The summed E-state index contributed by atoms with van der Waals surface area (Å²) in [6, 6.07) is 0. The first-order valence-corrected chi connectivity index (χ1v) is 14.3. The topological polar surface area (TPSA) is 85.7 Å². The smallest absolute Gasteiger partial charge is 0.355 e. The van der Waals surface area contributed by atoms with Crippen molar-refractivity contribution in [1.29, 1.82) is 0 Å². The van der Waals surface area contributed by atoms with Gasteiger partial charge in [-0.1, -0.05) is 103 Å². The van der Waals surface area contributed by atoms with Gasteiger partial charge >= 0.3 is 17.7 Å². The van der Waals surface area contributed by atoms with Crippen LogP contribution in [-0.4, -0.2) is 42.0 Å². The Kier molecular flexibility index (Phi) is 7.58. The van der Waals surface area contributed by atoms with E-state index < -0.39 is 23.3 Å². The van der Waals surface area contributed by atoms with Gasteiger partial charge in [0, 0.05) is 6.42 Å². The van der Waals surface area contributed by atoms with E-state index in [1.54, 1.807) is 0 Å². The molecule has 34 heavy (non-hydrogen) atoms. The van der Waals surface area contributed by atoms with Gasteiger partial charge < -0.3 is 9.47 Å². The second-order valence-electron chi connectivity index (χ2n) is 10.9. The van der Waals surface area contributed by atoms with Crippen LogP contribution in [-0.2, 0) is 33.2 Å². The molecule has 5 heterocycles. The molecule has 0 bridgehead atoms. The summed E-state index contributed by atoms with van der Waals surface area (Å²) in [6.07, 6.45) is 23.1. The summed E-state index contributed by atoms with van der Waals surface area (Å²) >= 11 is 0. The van der Waals surface area contributed by atoms with Crippen LogP contribution in [0.2, 0.25) is 0 Å². The minimum Gasteiger partial charge on any atom is -0.466 e. The fourth-order valence-electron chi connectivity index (χ4n) is 5.70. The molecule has 5 aliphatic rings. The van der Waals surface area contributed by atoms with Crippen LogP contribution >= 0.6 is 0 Å². The first-order valence-electron chi connectivity index (χ1n) is 14.3. The average Bonchev–Trinajstić information content (AvgIpc) is 3.74.